The van der Waals surface area contributed by atoms with Gasteiger partial charge in [0.25, 0.3) is 0 Å². The molecule has 0 fully saturated rings. The maximum atomic E-state index is 6.22. The van der Waals surface area contributed by atoms with Crippen LogP contribution in [0.1, 0.15) is 16.7 Å². The smallest absolute Gasteiger partial charge is 0.153 e. The summed E-state index contributed by atoms with van der Waals surface area (Å²) in [6.45, 7) is 4.02. The van der Waals surface area contributed by atoms with E-state index >= 15 is 0 Å². The molecule has 0 saturated carbocycles. The van der Waals surface area contributed by atoms with Crippen LogP contribution in [0.3, 0.4) is 0 Å². The van der Waals surface area contributed by atoms with Crippen molar-refractivity contribution < 1.29 is 4.74 Å². The van der Waals surface area contributed by atoms with E-state index in [4.69, 9.17) is 16.3 Å². The van der Waals surface area contributed by atoms with Gasteiger partial charge in [-0.25, -0.2) is 0 Å². The third-order valence-corrected chi connectivity index (χ3v) is 3.22. The van der Waals surface area contributed by atoms with Crippen LogP contribution in [-0.2, 0) is 0 Å². The van der Waals surface area contributed by atoms with Gasteiger partial charge in [0.2, 0.25) is 0 Å². The molecule has 2 nitrogen and oxygen atoms in total. The summed E-state index contributed by atoms with van der Waals surface area (Å²) < 4.78 is 5.94. The van der Waals surface area contributed by atoms with Gasteiger partial charge in [0.1, 0.15) is 11.4 Å². The molecule has 1 aliphatic heterocycles. The molecule has 1 heterocycles. The minimum absolute atomic E-state index is 0.665. The van der Waals surface area contributed by atoms with Crippen LogP contribution >= 0.6 is 11.6 Å². The quantitative estimate of drug-likeness (QED) is 0.566. The Kier molecular flexibility index (Phi) is 2.60. The van der Waals surface area contributed by atoms with Crippen LogP contribution in [-0.4, -0.2) is 6.21 Å². The predicted octanol–water partition coefficient (Wildman–Crippen LogP) is 4.81. The molecule has 2 aromatic rings. The number of benzene rings is 2. The summed E-state index contributed by atoms with van der Waals surface area (Å²) in [6.07, 6.45) is 1.76. The normalized spacial score (nSPS) is 12.4. The molecule has 0 saturated heterocycles. The second-order valence-corrected chi connectivity index (χ2v) is 4.90. The van der Waals surface area contributed by atoms with Crippen LogP contribution in [0, 0.1) is 13.8 Å². The predicted molar refractivity (Wildman–Crippen MR) is 74.7 cm³/mol. The Morgan fingerprint density at radius 3 is 2.61 bits per heavy atom. The summed E-state index contributed by atoms with van der Waals surface area (Å²) >= 11 is 6.22. The lowest BCUT2D eigenvalue weighted by Gasteiger charge is -2.10. The van der Waals surface area contributed by atoms with Crippen LogP contribution in [0.4, 0.5) is 5.69 Å². The molecule has 90 valence electrons. The first-order valence-electron chi connectivity index (χ1n) is 5.76. The fourth-order valence-electron chi connectivity index (χ4n) is 1.99. The second kappa shape index (κ2) is 4.14. The van der Waals surface area contributed by atoms with Crippen molar-refractivity contribution in [1.82, 2.24) is 0 Å². The van der Waals surface area contributed by atoms with E-state index in [1.807, 2.05) is 44.2 Å². The number of rotatable bonds is 0. The minimum atomic E-state index is 0.665. The SMILES string of the molecule is Cc1ccc2c(c1)Oc1cc(C)cc(Cl)c1C=N2. The zero-order valence-electron chi connectivity index (χ0n) is 10.2. The fourth-order valence-corrected chi connectivity index (χ4v) is 2.31. The van der Waals surface area contributed by atoms with Crippen LogP contribution in [0.2, 0.25) is 5.02 Å². The Hall–Kier alpha value is -1.80. The Bertz CT molecular complexity index is 662. The van der Waals surface area contributed by atoms with Crippen molar-refractivity contribution >= 4 is 23.5 Å². The van der Waals surface area contributed by atoms with Crippen molar-refractivity contribution in [2.75, 3.05) is 0 Å². The van der Waals surface area contributed by atoms with Crippen molar-refractivity contribution in [3.63, 3.8) is 0 Å². The van der Waals surface area contributed by atoms with Crippen molar-refractivity contribution in [3.05, 3.63) is 52.0 Å². The molecule has 18 heavy (non-hydrogen) atoms. The monoisotopic (exact) mass is 257 g/mol. The van der Waals surface area contributed by atoms with Crippen LogP contribution in [0.5, 0.6) is 11.5 Å². The topological polar surface area (TPSA) is 21.6 Å². The van der Waals surface area contributed by atoms with Crippen molar-refractivity contribution in [1.29, 1.82) is 0 Å². The first kappa shape index (κ1) is 11.3. The number of aliphatic imine (C=N–C) groups is 1. The first-order valence-corrected chi connectivity index (χ1v) is 6.14. The van der Waals surface area contributed by atoms with E-state index < -0.39 is 0 Å². The lowest BCUT2D eigenvalue weighted by atomic mass is 10.1. The van der Waals surface area contributed by atoms with E-state index in [1.54, 1.807) is 6.21 Å². The number of hydrogen-bond donors (Lipinski definition) is 0. The summed E-state index contributed by atoms with van der Waals surface area (Å²) in [5.74, 6) is 1.53. The largest absolute Gasteiger partial charge is 0.454 e. The number of halogens is 1. The van der Waals surface area contributed by atoms with Gasteiger partial charge in [0, 0.05) is 6.21 Å². The first-order chi connectivity index (χ1) is 8.63. The molecule has 0 unspecified atom stereocenters. The molecule has 0 aliphatic carbocycles. The molecule has 3 heteroatoms. The Morgan fingerprint density at radius 1 is 1.00 bits per heavy atom. The fraction of sp³-hybridized carbons (Fsp3) is 0.133. The summed E-state index contributed by atoms with van der Waals surface area (Å²) in [7, 11) is 0. The average molecular weight is 258 g/mol. The van der Waals surface area contributed by atoms with Gasteiger partial charge in [0.05, 0.1) is 10.6 Å². The Balaban J connectivity index is 2.20. The number of fused-ring (bicyclic) bond motifs is 2. The summed E-state index contributed by atoms with van der Waals surface area (Å²) in [5, 5.41) is 0.665. The molecule has 2 aromatic carbocycles. The van der Waals surface area contributed by atoms with Crippen molar-refractivity contribution in [3.8, 4) is 11.5 Å². The molecule has 1 aliphatic rings. The second-order valence-electron chi connectivity index (χ2n) is 4.49. The summed E-state index contributed by atoms with van der Waals surface area (Å²) in [4.78, 5) is 4.43. The molecular formula is C15H12ClNO. The van der Waals surface area contributed by atoms with E-state index in [0.29, 0.717) is 5.02 Å². The van der Waals surface area contributed by atoms with Crippen LogP contribution in [0.15, 0.2) is 35.3 Å². The average Bonchev–Trinajstić information content (AvgIpc) is 2.47. The molecule has 0 atom stereocenters. The van der Waals surface area contributed by atoms with Gasteiger partial charge in [-0.05, 0) is 49.2 Å². The van der Waals surface area contributed by atoms with E-state index in [9.17, 15) is 0 Å². The Morgan fingerprint density at radius 2 is 1.78 bits per heavy atom. The highest BCUT2D eigenvalue weighted by Crippen LogP contribution is 2.39. The lowest BCUT2D eigenvalue weighted by molar-refractivity contribution is 0.484. The van der Waals surface area contributed by atoms with Gasteiger partial charge >= 0.3 is 0 Å². The van der Waals surface area contributed by atoms with E-state index in [-0.39, 0.29) is 0 Å². The molecule has 3 rings (SSSR count). The standard InChI is InChI=1S/C15H12ClNO/c1-9-3-4-13-15(6-9)18-14-7-10(2)5-12(16)11(14)8-17-13/h3-8H,1-2H3. The highest BCUT2D eigenvalue weighted by molar-refractivity contribution is 6.33. The summed E-state index contributed by atoms with van der Waals surface area (Å²) in [6, 6.07) is 9.84. The van der Waals surface area contributed by atoms with Crippen LogP contribution in [0.25, 0.3) is 0 Å². The van der Waals surface area contributed by atoms with E-state index in [1.165, 1.54) is 0 Å². The lowest BCUT2D eigenvalue weighted by Crippen LogP contribution is -1.91. The number of hydrogen-bond acceptors (Lipinski definition) is 2. The molecule has 0 bridgehead atoms. The van der Waals surface area contributed by atoms with Gasteiger partial charge in [-0.15, -0.1) is 0 Å². The molecular weight excluding hydrogens is 246 g/mol. The zero-order valence-corrected chi connectivity index (χ0v) is 11.0. The Labute approximate surface area is 111 Å². The molecule has 0 radical (unpaired) electrons. The molecule has 0 aromatic heterocycles. The van der Waals surface area contributed by atoms with Gasteiger partial charge < -0.3 is 4.74 Å². The third kappa shape index (κ3) is 1.89. The minimum Gasteiger partial charge on any atom is -0.454 e. The summed E-state index contributed by atoms with van der Waals surface area (Å²) in [5.41, 5.74) is 3.87. The van der Waals surface area contributed by atoms with Gasteiger partial charge in [-0.1, -0.05) is 17.7 Å². The van der Waals surface area contributed by atoms with E-state index in [2.05, 4.69) is 4.99 Å². The van der Waals surface area contributed by atoms with Gasteiger partial charge in [0.15, 0.2) is 5.75 Å². The number of nitrogens with zero attached hydrogens (tertiary/aromatic N) is 1. The molecule has 0 amide bonds. The maximum absolute atomic E-state index is 6.22. The highest BCUT2D eigenvalue weighted by atomic mass is 35.5. The number of ether oxygens (including phenoxy) is 1. The molecule has 0 spiro atoms. The highest BCUT2D eigenvalue weighted by Gasteiger charge is 2.14. The van der Waals surface area contributed by atoms with Gasteiger partial charge in [-0.2, -0.15) is 0 Å². The van der Waals surface area contributed by atoms with Crippen molar-refractivity contribution in [2.24, 2.45) is 4.99 Å². The zero-order chi connectivity index (χ0) is 12.7. The number of aryl methyl sites for hydroxylation is 2. The van der Waals surface area contributed by atoms with Crippen molar-refractivity contribution in [2.45, 2.75) is 13.8 Å². The third-order valence-electron chi connectivity index (χ3n) is 2.90. The van der Waals surface area contributed by atoms with Gasteiger partial charge in [-0.3, -0.25) is 4.99 Å². The molecule has 0 N–H and O–H groups in total. The van der Waals surface area contributed by atoms with Crippen LogP contribution < -0.4 is 4.74 Å². The van der Waals surface area contributed by atoms with E-state index in [0.717, 1.165) is 33.9 Å². The maximum Gasteiger partial charge on any atom is 0.153 e.